The molecule has 152 valence electrons. The molecule has 1 amide bonds. The van der Waals surface area contributed by atoms with Crippen LogP contribution in [0.15, 0.2) is 67.1 Å². The van der Waals surface area contributed by atoms with Crippen LogP contribution in [0.5, 0.6) is 0 Å². The van der Waals surface area contributed by atoms with E-state index >= 15 is 0 Å². The third-order valence-electron chi connectivity index (χ3n) is 5.64. The van der Waals surface area contributed by atoms with Crippen molar-refractivity contribution in [2.45, 2.75) is 24.8 Å². The first kappa shape index (κ1) is 19.6. The SMILES string of the molecule is C=C(NC)NC1(C=O)CCc2cc(C(=O)Nc3cccc4ncccc34)ccc2C1. The summed E-state index contributed by atoms with van der Waals surface area (Å²) < 4.78 is 0. The Hall–Kier alpha value is -3.67. The predicted octanol–water partition coefficient (Wildman–Crippen LogP) is 3.19. The van der Waals surface area contributed by atoms with Crippen molar-refractivity contribution in [3.05, 3.63) is 83.8 Å². The second kappa shape index (κ2) is 7.99. The number of rotatable bonds is 6. The van der Waals surface area contributed by atoms with E-state index in [1.54, 1.807) is 13.2 Å². The van der Waals surface area contributed by atoms with Crippen molar-refractivity contribution in [1.29, 1.82) is 0 Å². The molecule has 6 heteroatoms. The molecular weight excluding hydrogens is 376 g/mol. The van der Waals surface area contributed by atoms with Gasteiger partial charge in [0.05, 0.1) is 22.6 Å². The maximum Gasteiger partial charge on any atom is 0.255 e. The van der Waals surface area contributed by atoms with Gasteiger partial charge in [0.1, 0.15) is 6.29 Å². The van der Waals surface area contributed by atoms with Crippen LogP contribution >= 0.6 is 0 Å². The zero-order valence-corrected chi connectivity index (χ0v) is 16.9. The minimum atomic E-state index is -0.674. The average Bonchev–Trinajstić information content (AvgIpc) is 2.78. The fraction of sp³-hybridized carbons (Fsp3) is 0.208. The van der Waals surface area contributed by atoms with E-state index in [4.69, 9.17) is 0 Å². The first-order chi connectivity index (χ1) is 14.5. The monoisotopic (exact) mass is 400 g/mol. The Morgan fingerprint density at radius 3 is 2.83 bits per heavy atom. The van der Waals surface area contributed by atoms with Gasteiger partial charge in [0.25, 0.3) is 5.91 Å². The molecule has 1 atom stereocenters. The van der Waals surface area contributed by atoms with Gasteiger partial charge in [-0.2, -0.15) is 0 Å². The second-order valence-electron chi connectivity index (χ2n) is 7.62. The molecule has 0 aliphatic heterocycles. The highest BCUT2D eigenvalue weighted by molar-refractivity contribution is 6.08. The molecule has 3 aromatic rings. The minimum Gasteiger partial charge on any atom is -0.375 e. The summed E-state index contributed by atoms with van der Waals surface area (Å²) in [5.74, 6) is 0.453. The first-order valence-corrected chi connectivity index (χ1v) is 9.92. The lowest BCUT2D eigenvalue weighted by Gasteiger charge is -2.35. The van der Waals surface area contributed by atoms with E-state index in [-0.39, 0.29) is 5.91 Å². The second-order valence-corrected chi connectivity index (χ2v) is 7.62. The van der Waals surface area contributed by atoms with Crippen LogP contribution in [0, 0.1) is 0 Å². The summed E-state index contributed by atoms with van der Waals surface area (Å²) in [7, 11) is 1.77. The molecule has 1 aliphatic carbocycles. The summed E-state index contributed by atoms with van der Waals surface area (Å²) in [6.45, 7) is 3.88. The van der Waals surface area contributed by atoms with Gasteiger partial charge in [-0.3, -0.25) is 9.78 Å². The first-order valence-electron chi connectivity index (χ1n) is 9.92. The third-order valence-corrected chi connectivity index (χ3v) is 5.64. The Kier molecular flexibility index (Phi) is 5.23. The molecule has 0 bridgehead atoms. The predicted molar refractivity (Wildman–Crippen MR) is 118 cm³/mol. The molecule has 0 spiro atoms. The molecule has 30 heavy (non-hydrogen) atoms. The summed E-state index contributed by atoms with van der Waals surface area (Å²) in [6.07, 6.45) is 4.61. The number of fused-ring (bicyclic) bond motifs is 2. The van der Waals surface area contributed by atoms with E-state index in [0.717, 1.165) is 34.0 Å². The summed E-state index contributed by atoms with van der Waals surface area (Å²) >= 11 is 0. The molecule has 0 fully saturated rings. The topological polar surface area (TPSA) is 83.1 Å². The number of aldehydes is 1. The molecule has 2 aromatic carbocycles. The molecule has 0 saturated carbocycles. The van der Waals surface area contributed by atoms with Crippen LogP contribution in [0.25, 0.3) is 10.9 Å². The van der Waals surface area contributed by atoms with Crippen LogP contribution in [-0.4, -0.2) is 29.8 Å². The number of nitrogens with zero attached hydrogens (tertiary/aromatic N) is 1. The number of anilines is 1. The van der Waals surface area contributed by atoms with Crippen LogP contribution < -0.4 is 16.0 Å². The molecule has 4 rings (SSSR count). The lowest BCUT2D eigenvalue weighted by molar-refractivity contribution is -0.113. The van der Waals surface area contributed by atoms with E-state index in [9.17, 15) is 9.59 Å². The summed E-state index contributed by atoms with van der Waals surface area (Å²) in [5.41, 5.74) is 3.65. The van der Waals surface area contributed by atoms with E-state index < -0.39 is 5.54 Å². The van der Waals surface area contributed by atoms with Gasteiger partial charge < -0.3 is 20.7 Å². The summed E-state index contributed by atoms with van der Waals surface area (Å²) in [6, 6.07) is 15.1. The van der Waals surface area contributed by atoms with Gasteiger partial charge in [-0.15, -0.1) is 0 Å². The Bertz CT molecular complexity index is 1140. The van der Waals surface area contributed by atoms with Crippen molar-refractivity contribution in [2.75, 3.05) is 12.4 Å². The zero-order chi connectivity index (χ0) is 21.1. The van der Waals surface area contributed by atoms with E-state index in [1.165, 1.54) is 0 Å². The maximum atomic E-state index is 12.9. The third kappa shape index (κ3) is 3.76. The normalized spacial score (nSPS) is 17.6. The molecule has 1 heterocycles. The molecule has 1 aliphatic rings. The number of hydrogen-bond acceptors (Lipinski definition) is 5. The lowest BCUT2D eigenvalue weighted by Crippen LogP contribution is -2.52. The number of aromatic nitrogens is 1. The highest BCUT2D eigenvalue weighted by Crippen LogP contribution is 2.29. The lowest BCUT2D eigenvalue weighted by atomic mass is 9.78. The standard InChI is InChI=1S/C24H24N4O2/c1-16(25-2)28-24(15-29)11-10-17-13-18(8-9-19(17)14-24)23(30)27-22-7-3-6-21-20(22)5-4-12-26-21/h3-9,12-13,15,25,28H,1,10-11,14H2,2H3,(H,27,30). The van der Waals surface area contributed by atoms with Crippen molar-refractivity contribution in [1.82, 2.24) is 15.6 Å². The Morgan fingerprint density at radius 2 is 2.03 bits per heavy atom. The highest BCUT2D eigenvalue weighted by Gasteiger charge is 2.34. The quantitative estimate of drug-likeness (QED) is 0.554. The molecule has 1 unspecified atom stereocenters. The smallest absolute Gasteiger partial charge is 0.255 e. The average molecular weight is 400 g/mol. The Labute approximate surface area is 175 Å². The van der Waals surface area contributed by atoms with Gasteiger partial charge in [0.15, 0.2) is 0 Å². The molecule has 6 nitrogen and oxygen atoms in total. The van der Waals surface area contributed by atoms with Crippen LogP contribution in [0.1, 0.15) is 27.9 Å². The Balaban J connectivity index is 1.55. The van der Waals surface area contributed by atoms with E-state index in [1.807, 2.05) is 48.5 Å². The van der Waals surface area contributed by atoms with Gasteiger partial charge in [0.2, 0.25) is 0 Å². The maximum absolute atomic E-state index is 12.9. The fourth-order valence-electron chi connectivity index (χ4n) is 3.96. The van der Waals surface area contributed by atoms with Gasteiger partial charge >= 0.3 is 0 Å². The van der Waals surface area contributed by atoms with Crippen molar-refractivity contribution in [3.8, 4) is 0 Å². The number of nitrogens with one attached hydrogen (secondary N) is 3. The molecular formula is C24H24N4O2. The fourth-order valence-corrected chi connectivity index (χ4v) is 3.96. The van der Waals surface area contributed by atoms with Crippen molar-refractivity contribution < 1.29 is 9.59 Å². The van der Waals surface area contributed by atoms with E-state index in [2.05, 4.69) is 27.5 Å². The van der Waals surface area contributed by atoms with Gasteiger partial charge in [0, 0.05) is 30.6 Å². The van der Waals surface area contributed by atoms with Gasteiger partial charge in [-0.1, -0.05) is 18.7 Å². The molecule has 0 saturated heterocycles. The molecule has 0 radical (unpaired) electrons. The van der Waals surface area contributed by atoms with Crippen LogP contribution in [0.4, 0.5) is 5.69 Å². The highest BCUT2D eigenvalue weighted by atomic mass is 16.1. The van der Waals surface area contributed by atoms with Gasteiger partial charge in [-0.05, 0) is 60.4 Å². The minimum absolute atomic E-state index is 0.164. The van der Waals surface area contributed by atoms with Crippen LogP contribution in [-0.2, 0) is 17.6 Å². The zero-order valence-electron chi connectivity index (χ0n) is 16.9. The summed E-state index contributed by atoms with van der Waals surface area (Å²) in [5, 5.41) is 10.0. The Morgan fingerprint density at radius 1 is 1.17 bits per heavy atom. The molecule has 1 aromatic heterocycles. The number of aryl methyl sites for hydroxylation is 1. The number of amides is 1. The van der Waals surface area contributed by atoms with Crippen LogP contribution in [0.2, 0.25) is 0 Å². The summed E-state index contributed by atoms with van der Waals surface area (Å²) in [4.78, 5) is 29.1. The largest absolute Gasteiger partial charge is 0.375 e. The van der Waals surface area contributed by atoms with Crippen molar-refractivity contribution in [2.24, 2.45) is 0 Å². The van der Waals surface area contributed by atoms with Crippen molar-refractivity contribution >= 4 is 28.8 Å². The van der Waals surface area contributed by atoms with Crippen LogP contribution in [0.3, 0.4) is 0 Å². The molecule has 3 N–H and O–H groups in total. The van der Waals surface area contributed by atoms with Gasteiger partial charge in [-0.25, -0.2) is 0 Å². The van der Waals surface area contributed by atoms with Crippen molar-refractivity contribution in [3.63, 3.8) is 0 Å². The number of benzene rings is 2. The number of carbonyl (C=O) groups excluding carboxylic acids is 2. The number of carbonyl (C=O) groups is 2. The number of pyridine rings is 1. The number of hydrogen-bond donors (Lipinski definition) is 3. The van der Waals surface area contributed by atoms with E-state index in [0.29, 0.717) is 30.6 Å².